The van der Waals surface area contributed by atoms with E-state index in [1.54, 1.807) is 42.5 Å². The van der Waals surface area contributed by atoms with E-state index in [-0.39, 0.29) is 5.57 Å². The van der Waals surface area contributed by atoms with Gasteiger partial charge in [0, 0.05) is 10.7 Å². The largest absolute Gasteiger partial charge is 0.503 e. The molecule has 154 valence electrons. The van der Waals surface area contributed by atoms with Crippen molar-refractivity contribution < 1.29 is 14.7 Å². The van der Waals surface area contributed by atoms with Gasteiger partial charge in [-0.1, -0.05) is 77.8 Å². The number of rotatable bonds is 5. The molecule has 31 heavy (non-hydrogen) atoms. The molecule has 5 heteroatoms. The molecule has 1 N–H and O–H groups in total. The van der Waals surface area contributed by atoms with Crippen molar-refractivity contribution in [3.63, 3.8) is 0 Å². The van der Waals surface area contributed by atoms with E-state index in [1.807, 2.05) is 49.4 Å². The van der Waals surface area contributed by atoms with E-state index in [4.69, 9.17) is 11.6 Å². The van der Waals surface area contributed by atoms with Crippen molar-refractivity contribution in [1.29, 1.82) is 0 Å². The fourth-order valence-electron chi connectivity index (χ4n) is 3.61. The second kappa shape index (κ2) is 8.62. The Hall–Kier alpha value is -3.63. The Bertz CT molecular complexity index is 1180. The average molecular weight is 430 g/mol. The average Bonchev–Trinajstić information content (AvgIpc) is 3.05. The van der Waals surface area contributed by atoms with Crippen LogP contribution >= 0.6 is 11.6 Å². The number of hydrogen-bond donors (Lipinski definition) is 1. The number of hydrogen-bond acceptors (Lipinski definition) is 3. The molecule has 0 aliphatic carbocycles. The third kappa shape index (κ3) is 4.16. The molecule has 4 nitrogen and oxygen atoms in total. The monoisotopic (exact) mass is 429 g/mol. The number of aliphatic hydroxyl groups excluding tert-OH is 1. The van der Waals surface area contributed by atoms with Crippen molar-refractivity contribution in [2.24, 2.45) is 0 Å². The summed E-state index contributed by atoms with van der Waals surface area (Å²) in [5.41, 5.74) is 3.20. The minimum absolute atomic E-state index is 0.0417. The third-order valence-corrected chi connectivity index (χ3v) is 5.45. The molecule has 0 spiro atoms. The summed E-state index contributed by atoms with van der Waals surface area (Å²) in [4.78, 5) is 27.6. The molecule has 0 saturated carbocycles. The number of nitrogens with zero attached hydrogens (tertiary/aromatic N) is 1. The summed E-state index contributed by atoms with van der Waals surface area (Å²) >= 11 is 6.04. The summed E-state index contributed by atoms with van der Waals surface area (Å²) in [6.07, 6.45) is 3.05. The standard InChI is InChI=1S/C26H20ClNO3/c1-17-7-14-21(15-8-17)28-24(19-10-12-20(27)13-11-19)23(25(30)26(28)31)22(29)16-9-18-5-3-2-4-6-18/h2-16,24,30H,1H3/b16-9+/t24-/m1/s1. The number of amides is 1. The number of anilines is 1. The SMILES string of the molecule is Cc1ccc(N2C(=O)C(O)=C(C(=O)/C=C/c3ccccc3)[C@H]2c2ccc(Cl)cc2)cc1. The number of carbonyl (C=O) groups excluding carboxylic acids is 2. The van der Waals surface area contributed by atoms with Gasteiger partial charge < -0.3 is 5.11 Å². The fourth-order valence-corrected chi connectivity index (χ4v) is 3.74. The molecule has 0 saturated heterocycles. The van der Waals surface area contributed by atoms with E-state index < -0.39 is 23.5 Å². The second-order valence-electron chi connectivity index (χ2n) is 7.34. The van der Waals surface area contributed by atoms with Gasteiger partial charge in [-0.15, -0.1) is 0 Å². The van der Waals surface area contributed by atoms with Gasteiger partial charge in [-0.05, 0) is 48.4 Å². The maximum Gasteiger partial charge on any atom is 0.294 e. The first kappa shape index (κ1) is 20.6. The summed E-state index contributed by atoms with van der Waals surface area (Å²) in [6, 6.07) is 22.9. The van der Waals surface area contributed by atoms with Crippen LogP contribution in [0.15, 0.2) is 96.3 Å². The van der Waals surface area contributed by atoms with E-state index in [1.165, 1.54) is 11.0 Å². The molecule has 1 amide bonds. The van der Waals surface area contributed by atoms with Crippen LogP contribution in [0, 0.1) is 6.92 Å². The Labute approximate surface area is 185 Å². The van der Waals surface area contributed by atoms with Gasteiger partial charge >= 0.3 is 0 Å². The highest BCUT2D eigenvalue weighted by Crippen LogP contribution is 2.41. The highest BCUT2D eigenvalue weighted by Gasteiger charge is 2.43. The molecule has 4 rings (SSSR count). The Morgan fingerprint density at radius 3 is 2.26 bits per heavy atom. The number of carbonyl (C=O) groups is 2. The van der Waals surface area contributed by atoms with Gasteiger partial charge in [0.1, 0.15) is 0 Å². The first-order valence-electron chi connectivity index (χ1n) is 9.82. The smallest absolute Gasteiger partial charge is 0.294 e. The molecule has 0 bridgehead atoms. The second-order valence-corrected chi connectivity index (χ2v) is 7.77. The van der Waals surface area contributed by atoms with Crippen LogP contribution in [0.3, 0.4) is 0 Å². The Morgan fingerprint density at radius 1 is 0.968 bits per heavy atom. The van der Waals surface area contributed by atoms with Crippen LogP contribution in [0.1, 0.15) is 22.7 Å². The normalized spacial score (nSPS) is 16.4. The molecule has 0 fully saturated rings. The van der Waals surface area contributed by atoms with Gasteiger partial charge in [0.05, 0.1) is 11.6 Å². The number of aliphatic hydroxyl groups is 1. The lowest BCUT2D eigenvalue weighted by Crippen LogP contribution is -2.30. The molecule has 0 aromatic heterocycles. The molecule has 0 radical (unpaired) electrons. The predicted octanol–water partition coefficient (Wildman–Crippen LogP) is 5.83. The molecule has 1 aliphatic rings. The van der Waals surface area contributed by atoms with Crippen molar-refractivity contribution in [3.05, 3.63) is 118 Å². The van der Waals surface area contributed by atoms with E-state index in [2.05, 4.69) is 0 Å². The minimum atomic E-state index is -0.764. The van der Waals surface area contributed by atoms with E-state index in [9.17, 15) is 14.7 Å². The van der Waals surface area contributed by atoms with E-state index in [0.29, 0.717) is 16.3 Å². The quantitative estimate of drug-likeness (QED) is 0.519. The summed E-state index contributed by atoms with van der Waals surface area (Å²) in [7, 11) is 0. The molecular formula is C26H20ClNO3. The van der Waals surface area contributed by atoms with Crippen molar-refractivity contribution in [2.75, 3.05) is 4.90 Å². The summed E-state index contributed by atoms with van der Waals surface area (Å²) in [5.74, 6) is -1.58. The van der Waals surface area contributed by atoms with Crippen LogP contribution in [-0.2, 0) is 9.59 Å². The lowest BCUT2D eigenvalue weighted by atomic mass is 9.95. The Balaban J connectivity index is 1.78. The Morgan fingerprint density at radius 2 is 1.61 bits per heavy atom. The predicted molar refractivity (Wildman–Crippen MR) is 123 cm³/mol. The number of aryl methyl sites for hydroxylation is 1. The van der Waals surface area contributed by atoms with Crippen molar-refractivity contribution >= 4 is 35.1 Å². The zero-order valence-electron chi connectivity index (χ0n) is 16.8. The highest BCUT2D eigenvalue weighted by atomic mass is 35.5. The van der Waals surface area contributed by atoms with Crippen LogP contribution in [0.5, 0.6) is 0 Å². The molecular weight excluding hydrogens is 410 g/mol. The first-order chi connectivity index (χ1) is 15.0. The van der Waals surface area contributed by atoms with Gasteiger partial charge in [0.15, 0.2) is 11.5 Å². The molecule has 1 atom stereocenters. The summed E-state index contributed by atoms with van der Waals surface area (Å²) < 4.78 is 0. The summed E-state index contributed by atoms with van der Waals surface area (Å²) in [6.45, 7) is 1.95. The lowest BCUT2D eigenvalue weighted by Gasteiger charge is -2.27. The van der Waals surface area contributed by atoms with E-state index in [0.717, 1.165) is 11.1 Å². The van der Waals surface area contributed by atoms with Crippen LogP contribution in [0.4, 0.5) is 5.69 Å². The topological polar surface area (TPSA) is 57.6 Å². The fraction of sp³-hybridized carbons (Fsp3) is 0.0769. The highest BCUT2D eigenvalue weighted by molar-refractivity contribution is 6.30. The zero-order chi connectivity index (χ0) is 22.0. The van der Waals surface area contributed by atoms with Crippen molar-refractivity contribution in [1.82, 2.24) is 0 Å². The number of ketones is 1. The van der Waals surface area contributed by atoms with Gasteiger partial charge in [0.2, 0.25) is 0 Å². The summed E-state index contributed by atoms with van der Waals surface area (Å²) in [5, 5.41) is 11.2. The minimum Gasteiger partial charge on any atom is -0.503 e. The molecule has 0 unspecified atom stereocenters. The lowest BCUT2D eigenvalue weighted by molar-refractivity contribution is -0.117. The Kier molecular flexibility index (Phi) is 5.74. The van der Waals surface area contributed by atoms with Gasteiger partial charge in [-0.25, -0.2) is 0 Å². The maximum atomic E-state index is 13.1. The van der Waals surface area contributed by atoms with Crippen LogP contribution in [0.25, 0.3) is 6.08 Å². The molecule has 3 aromatic rings. The first-order valence-corrected chi connectivity index (χ1v) is 10.2. The van der Waals surface area contributed by atoms with Crippen molar-refractivity contribution in [2.45, 2.75) is 13.0 Å². The maximum absolute atomic E-state index is 13.1. The van der Waals surface area contributed by atoms with Crippen LogP contribution < -0.4 is 4.90 Å². The van der Waals surface area contributed by atoms with Gasteiger partial charge in [-0.3, -0.25) is 14.5 Å². The molecule has 1 heterocycles. The van der Waals surface area contributed by atoms with Crippen LogP contribution in [-0.4, -0.2) is 16.8 Å². The number of allylic oxidation sites excluding steroid dienone is 1. The molecule has 3 aromatic carbocycles. The number of halogens is 1. The zero-order valence-corrected chi connectivity index (χ0v) is 17.6. The van der Waals surface area contributed by atoms with E-state index >= 15 is 0 Å². The third-order valence-electron chi connectivity index (χ3n) is 5.20. The number of benzene rings is 3. The molecule has 1 aliphatic heterocycles. The van der Waals surface area contributed by atoms with Gasteiger partial charge in [-0.2, -0.15) is 0 Å². The van der Waals surface area contributed by atoms with Gasteiger partial charge in [0.25, 0.3) is 5.91 Å². The van der Waals surface area contributed by atoms with Crippen LogP contribution in [0.2, 0.25) is 5.02 Å². The van der Waals surface area contributed by atoms with Crippen molar-refractivity contribution in [3.8, 4) is 0 Å².